The molecule has 17 heavy (non-hydrogen) atoms. The van der Waals surface area contributed by atoms with Crippen LogP contribution >= 0.6 is 0 Å². The maximum absolute atomic E-state index is 10.7. The fraction of sp³-hybridized carbons (Fsp3) is 0.500. The Morgan fingerprint density at radius 3 is 3.12 bits per heavy atom. The topological polar surface area (TPSA) is 58.4 Å². The first kappa shape index (κ1) is 12.0. The summed E-state index contributed by atoms with van der Waals surface area (Å²) in [5.74, 6) is 0. The smallest absolute Gasteiger partial charge is 0.269 e. The molecule has 0 aliphatic carbocycles. The SMILES string of the molecule is C[C@@H]1CNCCN1Cc1cccc([N+](=O)[O-])c1. The minimum absolute atomic E-state index is 0.172. The first-order valence-corrected chi connectivity index (χ1v) is 5.85. The lowest BCUT2D eigenvalue weighted by molar-refractivity contribution is -0.384. The van der Waals surface area contributed by atoms with Crippen molar-refractivity contribution in [2.45, 2.75) is 19.5 Å². The lowest BCUT2D eigenvalue weighted by Gasteiger charge is -2.33. The standard InChI is InChI=1S/C12H17N3O2/c1-10-8-13-5-6-14(10)9-11-3-2-4-12(7-11)15(16)17/h2-4,7,10,13H,5-6,8-9H2,1H3/t10-/m1/s1. The Kier molecular flexibility index (Phi) is 3.71. The van der Waals surface area contributed by atoms with Crippen molar-refractivity contribution in [3.05, 3.63) is 39.9 Å². The van der Waals surface area contributed by atoms with Crippen LogP contribution in [0.1, 0.15) is 12.5 Å². The molecule has 92 valence electrons. The Hall–Kier alpha value is -1.46. The molecule has 2 rings (SSSR count). The zero-order valence-corrected chi connectivity index (χ0v) is 9.93. The highest BCUT2D eigenvalue weighted by Crippen LogP contribution is 2.16. The van der Waals surface area contributed by atoms with Crippen LogP contribution in [0.25, 0.3) is 0 Å². The molecule has 1 fully saturated rings. The lowest BCUT2D eigenvalue weighted by atomic mass is 10.1. The van der Waals surface area contributed by atoms with Gasteiger partial charge in [0.2, 0.25) is 0 Å². The minimum atomic E-state index is -0.343. The van der Waals surface area contributed by atoms with Crippen molar-refractivity contribution in [3.8, 4) is 0 Å². The monoisotopic (exact) mass is 235 g/mol. The van der Waals surface area contributed by atoms with Gasteiger partial charge in [-0.05, 0) is 12.5 Å². The van der Waals surface area contributed by atoms with Gasteiger partial charge in [-0.15, -0.1) is 0 Å². The van der Waals surface area contributed by atoms with Crippen molar-refractivity contribution in [1.82, 2.24) is 10.2 Å². The molecule has 1 atom stereocenters. The Bertz CT molecular complexity index is 408. The van der Waals surface area contributed by atoms with Crippen molar-refractivity contribution < 1.29 is 4.92 Å². The first-order valence-electron chi connectivity index (χ1n) is 5.85. The van der Waals surface area contributed by atoms with E-state index in [0.717, 1.165) is 31.7 Å². The molecule has 1 N–H and O–H groups in total. The molecule has 0 unspecified atom stereocenters. The summed E-state index contributed by atoms with van der Waals surface area (Å²) >= 11 is 0. The van der Waals surface area contributed by atoms with Crippen LogP contribution in [0.3, 0.4) is 0 Å². The second kappa shape index (κ2) is 5.25. The number of benzene rings is 1. The number of nitro benzene ring substituents is 1. The summed E-state index contributed by atoms with van der Waals surface area (Å²) < 4.78 is 0. The number of non-ortho nitro benzene ring substituents is 1. The van der Waals surface area contributed by atoms with E-state index in [2.05, 4.69) is 17.1 Å². The largest absolute Gasteiger partial charge is 0.314 e. The number of hydrogen-bond donors (Lipinski definition) is 1. The van der Waals surface area contributed by atoms with E-state index >= 15 is 0 Å². The van der Waals surface area contributed by atoms with E-state index in [1.165, 1.54) is 6.07 Å². The molecule has 0 spiro atoms. The van der Waals surface area contributed by atoms with Crippen LogP contribution in [-0.2, 0) is 6.54 Å². The average molecular weight is 235 g/mol. The zero-order valence-electron chi connectivity index (χ0n) is 9.93. The Morgan fingerprint density at radius 2 is 2.41 bits per heavy atom. The lowest BCUT2D eigenvalue weighted by Crippen LogP contribution is -2.49. The van der Waals surface area contributed by atoms with Gasteiger partial charge in [0.25, 0.3) is 5.69 Å². The first-order chi connectivity index (χ1) is 8.16. The molecule has 1 aliphatic heterocycles. The second-order valence-corrected chi connectivity index (χ2v) is 4.45. The molecule has 1 aromatic carbocycles. The van der Waals surface area contributed by atoms with Gasteiger partial charge >= 0.3 is 0 Å². The molecule has 5 nitrogen and oxygen atoms in total. The number of nitro groups is 1. The number of nitrogens with one attached hydrogen (secondary N) is 1. The quantitative estimate of drug-likeness (QED) is 0.635. The van der Waals surface area contributed by atoms with E-state index in [1.54, 1.807) is 12.1 Å². The van der Waals surface area contributed by atoms with Crippen LogP contribution in [0, 0.1) is 10.1 Å². The molecule has 0 bridgehead atoms. The van der Waals surface area contributed by atoms with Gasteiger partial charge in [0, 0.05) is 44.4 Å². The molecule has 0 amide bonds. The summed E-state index contributed by atoms with van der Waals surface area (Å²) in [7, 11) is 0. The van der Waals surface area contributed by atoms with Crippen LogP contribution in [0.2, 0.25) is 0 Å². The van der Waals surface area contributed by atoms with E-state index in [4.69, 9.17) is 0 Å². The molecular formula is C12H17N3O2. The summed E-state index contributed by atoms with van der Waals surface area (Å²) in [6.45, 7) is 5.91. The molecule has 0 aromatic heterocycles. The third-order valence-electron chi connectivity index (χ3n) is 3.15. The fourth-order valence-corrected chi connectivity index (χ4v) is 2.12. The number of hydrogen-bond acceptors (Lipinski definition) is 4. The maximum Gasteiger partial charge on any atom is 0.269 e. The van der Waals surface area contributed by atoms with Crippen molar-refractivity contribution in [2.24, 2.45) is 0 Å². The van der Waals surface area contributed by atoms with Gasteiger partial charge in [-0.2, -0.15) is 0 Å². The third kappa shape index (κ3) is 3.01. The molecule has 5 heteroatoms. The van der Waals surface area contributed by atoms with Crippen LogP contribution in [0.5, 0.6) is 0 Å². The highest BCUT2D eigenvalue weighted by Gasteiger charge is 2.18. The van der Waals surface area contributed by atoms with Gasteiger partial charge in [-0.25, -0.2) is 0 Å². The Morgan fingerprint density at radius 1 is 1.59 bits per heavy atom. The van der Waals surface area contributed by atoms with Gasteiger partial charge in [0.15, 0.2) is 0 Å². The van der Waals surface area contributed by atoms with E-state index in [0.29, 0.717) is 6.04 Å². The highest BCUT2D eigenvalue weighted by atomic mass is 16.6. The van der Waals surface area contributed by atoms with Gasteiger partial charge < -0.3 is 5.32 Å². The Balaban J connectivity index is 2.07. The number of nitrogens with zero attached hydrogens (tertiary/aromatic N) is 2. The van der Waals surface area contributed by atoms with Crippen LogP contribution in [0.4, 0.5) is 5.69 Å². The summed E-state index contributed by atoms with van der Waals surface area (Å²) in [5, 5.41) is 14.0. The maximum atomic E-state index is 10.7. The molecular weight excluding hydrogens is 218 g/mol. The molecule has 0 saturated carbocycles. The predicted molar refractivity (Wildman–Crippen MR) is 65.8 cm³/mol. The van der Waals surface area contributed by atoms with Gasteiger partial charge in [-0.3, -0.25) is 15.0 Å². The minimum Gasteiger partial charge on any atom is -0.314 e. The summed E-state index contributed by atoms with van der Waals surface area (Å²) in [4.78, 5) is 12.7. The summed E-state index contributed by atoms with van der Waals surface area (Å²) in [6.07, 6.45) is 0. The third-order valence-corrected chi connectivity index (χ3v) is 3.15. The van der Waals surface area contributed by atoms with Crippen LogP contribution in [0.15, 0.2) is 24.3 Å². The Labute approximate surface area is 101 Å². The summed E-state index contributed by atoms with van der Waals surface area (Å²) in [5.41, 5.74) is 1.18. The molecule has 1 saturated heterocycles. The molecule has 0 radical (unpaired) electrons. The second-order valence-electron chi connectivity index (χ2n) is 4.45. The highest BCUT2D eigenvalue weighted by molar-refractivity contribution is 5.34. The van der Waals surface area contributed by atoms with Gasteiger partial charge in [-0.1, -0.05) is 12.1 Å². The average Bonchev–Trinajstić information content (AvgIpc) is 2.32. The van der Waals surface area contributed by atoms with Crippen molar-refractivity contribution in [3.63, 3.8) is 0 Å². The van der Waals surface area contributed by atoms with Crippen LogP contribution in [-0.4, -0.2) is 35.5 Å². The van der Waals surface area contributed by atoms with E-state index in [9.17, 15) is 10.1 Å². The fourth-order valence-electron chi connectivity index (χ4n) is 2.12. The van der Waals surface area contributed by atoms with Gasteiger partial charge in [0.1, 0.15) is 0 Å². The molecule has 1 heterocycles. The molecule has 1 aliphatic rings. The van der Waals surface area contributed by atoms with E-state index in [1.807, 2.05) is 6.07 Å². The van der Waals surface area contributed by atoms with E-state index < -0.39 is 0 Å². The van der Waals surface area contributed by atoms with Crippen molar-refractivity contribution in [1.29, 1.82) is 0 Å². The number of rotatable bonds is 3. The van der Waals surface area contributed by atoms with Crippen molar-refractivity contribution in [2.75, 3.05) is 19.6 Å². The molecule has 1 aromatic rings. The predicted octanol–water partition coefficient (Wildman–Crippen LogP) is 1.39. The van der Waals surface area contributed by atoms with Crippen molar-refractivity contribution >= 4 is 5.69 Å². The van der Waals surface area contributed by atoms with E-state index in [-0.39, 0.29) is 10.6 Å². The van der Waals surface area contributed by atoms with Crippen LogP contribution < -0.4 is 5.32 Å². The summed E-state index contributed by atoms with van der Waals surface area (Å²) in [6, 6.07) is 7.37. The number of piperazine rings is 1. The van der Waals surface area contributed by atoms with Gasteiger partial charge in [0.05, 0.1) is 4.92 Å². The zero-order chi connectivity index (χ0) is 12.3. The normalized spacial score (nSPS) is 21.4.